The molecule has 0 aliphatic carbocycles. The summed E-state index contributed by atoms with van der Waals surface area (Å²) in [6, 6.07) is 6.99. The summed E-state index contributed by atoms with van der Waals surface area (Å²) < 4.78 is 5.69. The number of anilines is 1. The number of likely N-dealkylation sites (tertiary alicyclic amines) is 1. The molecule has 23 heavy (non-hydrogen) atoms. The highest BCUT2D eigenvalue weighted by molar-refractivity contribution is 5.91. The van der Waals surface area contributed by atoms with Crippen LogP contribution >= 0.6 is 0 Å². The van der Waals surface area contributed by atoms with Crippen molar-refractivity contribution in [3.05, 3.63) is 24.3 Å². The third-order valence-electron chi connectivity index (χ3n) is 4.16. The number of para-hydroxylation sites is 2. The molecule has 2 amide bonds. The van der Waals surface area contributed by atoms with Crippen LogP contribution in [0.1, 0.15) is 33.1 Å². The lowest BCUT2D eigenvalue weighted by atomic mass is 9.90. The first-order chi connectivity index (χ1) is 11.0. The molecule has 1 aromatic rings. The number of ether oxygens (including phenoxy) is 1. The van der Waals surface area contributed by atoms with E-state index in [-0.39, 0.29) is 12.6 Å². The number of carboxylic acids is 1. The first-order valence-electron chi connectivity index (χ1n) is 7.97. The highest BCUT2D eigenvalue weighted by atomic mass is 16.5. The molecule has 0 aromatic heterocycles. The highest BCUT2D eigenvalue weighted by Crippen LogP contribution is 2.31. The van der Waals surface area contributed by atoms with Gasteiger partial charge in [-0.2, -0.15) is 0 Å². The molecule has 126 valence electrons. The molecule has 1 atom stereocenters. The van der Waals surface area contributed by atoms with Crippen LogP contribution in [0, 0.1) is 5.41 Å². The van der Waals surface area contributed by atoms with Crippen LogP contribution in [0.4, 0.5) is 10.5 Å². The standard InChI is InChI=1S/C17H24N2O4/c1-3-4-11-23-14-8-6-5-7-13(14)18-16(22)19-10-9-17(2,12-19)15(20)21/h5-8H,3-4,9-12H2,1-2H3,(H,18,22)(H,20,21). The summed E-state index contributed by atoms with van der Waals surface area (Å²) in [5.74, 6) is -0.231. The van der Waals surface area contributed by atoms with E-state index in [4.69, 9.17) is 4.74 Å². The number of nitrogens with zero attached hydrogens (tertiary/aromatic N) is 1. The lowest BCUT2D eigenvalue weighted by molar-refractivity contribution is -0.146. The van der Waals surface area contributed by atoms with Crippen molar-refractivity contribution < 1.29 is 19.4 Å². The Labute approximate surface area is 136 Å². The summed E-state index contributed by atoms with van der Waals surface area (Å²) in [5.41, 5.74) is -0.258. The van der Waals surface area contributed by atoms with E-state index >= 15 is 0 Å². The van der Waals surface area contributed by atoms with Crippen molar-refractivity contribution in [1.82, 2.24) is 4.90 Å². The normalized spacial score (nSPS) is 20.3. The number of hydrogen-bond acceptors (Lipinski definition) is 3. The zero-order chi connectivity index (χ0) is 16.9. The number of carbonyl (C=O) groups is 2. The van der Waals surface area contributed by atoms with Gasteiger partial charge in [-0.25, -0.2) is 4.79 Å². The molecule has 1 heterocycles. The molecule has 6 nitrogen and oxygen atoms in total. The number of carbonyl (C=O) groups excluding carboxylic acids is 1. The molecule has 0 saturated carbocycles. The second kappa shape index (κ2) is 7.35. The molecule has 1 aliphatic heterocycles. The molecule has 0 spiro atoms. The minimum Gasteiger partial charge on any atom is -0.491 e. The molecule has 1 aliphatic rings. The first kappa shape index (κ1) is 17.1. The summed E-state index contributed by atoms with van der Waals surface area (Å²) in [4.78, 5) is 25.2. The zero-order valence-electron chi connectivity index (χ0n) is 13.7. The van der Waals surface area contributed by atoms with Crippen molar-refractivity contribution in [2.24, 2.45) is 5.41 Å². The quantitative estimate of drug-likeness (QED) is 0.789. The van der Waals surface area contributed by atoms with Crippen molar-refractivity contribution >= 4 is 17.7 Å². The number of carboxylic acid groups (broad SMARTS) is 1. The fraction of sp³-hybridized carbons (Fsp3) is 0.529. The predicted molar refractivity (Wildman–Crippen MR) is 87.8 cm³/mol. The number of hydrogen-bond donors (Lipinski definition) is 2. The van der Waals surface area contributed by atoms with Gasteiger partial charge in [0.25, 0.3) is 0 Å². The Hall–Kier alpha value is -2.24. The van der Waals surface area contributed by atoms with Crippen LogP contribution in [0.15, 0.2) is 24.3 Å². The Bertz CT molecular complexity index is 575. The molecule has 2 N–H and O–H groups in total. The molecular weight excluding hydrogens is 296 g/mol. The van der Waals surface area contributed by atoms with Gasteiger partial charge in [-0.15, -0.1) is 0 Å². The van der Waals surface area contributed by atoms with Crippen LogP contribution < -0.4 is 10.1 Å². The molecule has 6 heteroatoms. The van der Waals surface area contributed by atoms with Gasteiger partial charge in [0.1, 0.15) is 5.75 Å². The predicted octanol–water partition coefficient (Wildman–Crippen LogP) is 3.19. The van der Waals surface area contributed by atoms with Gasteiger partial charge in [0.15, 0.2) is 0 Å². The van der Waals surface area contributed by atoms with Gasteiger partial charge in [0, 0.05) is 13.1 Å². The van der Waals surface area contributed by atoms with E-state index in [2.05, 4.69) is 12.2 Å². The van der Waals surface area contributed by atoms with Crippen LogP contribution in [-0.2, 0) is 4.79 Å². The molecule has 1 saturated heterocycles. The minimum atomic E-state index is -0.867. The molecule has 0 bridgehead atoms. The van der Waals surface area contributed by atoms with Crippen LogP contribution in [0.2, 0.25) is 0 Å². The van der Waals surface area contributed by atoms with Gasteiger partial charge >= 0.3 is 12.0 Å². The van der Waals surface area contributed by atoms with Crippen molar-refractivity contribution in [3.8, 4) is 5.75 Å². The van der Waals surface area contributed by atoms with Gasteiger partial charge < -0.3 is 20.1 Å². The van der Waals surface area contributed by atoms with E-state index in [1.165, 1.54) is 4.90 Å². The summed E-state index contributed by atoms with van der Waals surface area (Å²) in [6.07, 6.45) is 2.45. The summed E-state index contributed by atoms with van der Waals surface area (Å²) in [5, 5.41) is 12.1. The molecular formula is C17H24N2O4. The second-order valence-corrected chi connectivity index (χ2v) is 6.17. The number of unbranched alkanes of at least 4 members (excludes halogenated alkanes) is 1. The van der Waals surface area contributed by atoms with Crippen molar-refractivity contribution in [1.29, 1.82) is 0 Å². The Balaban J connectivity index is 2.00. The van der Waals surface area contributed by atoms with E-state index in [1.807, 2.05) is 18.2 Å². The average Bonchev–Trinajstić information content (AvgIpc) is 2.93. The van der Waals surface area contributed by atoms with E-state index < -0.39 is 11.4 Å². The average molecular weight is 320 g/mol. The summed E-state index contributed by atoms with van der Waals surface area (Å²) in [7, 11) is 0. The Kier molecular flexibility index (Phi) is 5.47. The van der Waals surface area contributed by atoms with Crippen LogP contribution in [0.25, 0.3) is 0 Å². The smallest absolute Gasteiger partial charge is 0.321 e. The molecule has 1 fully saturated rings. The minimum absolute atomic E-state index is 0.215. The fourth-order valence-electron chi connectivity index (χ4n) is 2.53. The number of benzene rings is 1. The fourth-order valence-corrected chi connectivity index (χ4v) is 2.53. The summed E-state index contributed by atoms with van der Waals surface area (Å²) >= 11 is 0. The Morgan fingerprint density at radius 1 is 1.39 bits per heavy atom. The van der Waals surface area contributed by atoms with Crippen LogP contribution in [0.3, 0.4) is 0 Å². The van der Waals surface area contributed by atoms with E-state index in [0.29, 0.717) is 31.0 Å². The van der Waals surface area contributed by atoms with Gasteiger partial charge in [-0.3, -0.25) is 4.79 Å². The van der Waals surface area contributed by atoms with E-state index in [1.54, 1.807) is 13.0 Å². The van der Waals surface area contributed by atoms with Gasteiger partial charge in [0.05, 0.1) is 17.7 Å². The molecule has 1 unspecified atom stereocenters. The van der Waals surface area contributed by atoms with Crippen molar-refractivity contribution in [2.45, 2.75) is 33.1 Å². The largest absolute Gasteiger partial charge is 0.491 e. The van der Waals surface area contributed by atoms with Gasteiger partial charge in [-0.05, 0) is 31.9 Å². The number of urea groups is 1. The lowest BCUT2D eigenvalue weighted by Gasteiger charge is -2.21. The lowest BCUT2D eigenvalue weighted by Crippen LogP contribution is -2.37. The van der Waals surface area contributed by atoms with Crippen LogP contribution in [0.5, 0.6) is 5.75 Å². The van der Waals surface area contributed by atoms with Crippen molar-refractivity contribution in [2.75, 3.05) is 25.0 Å². The topological polar surface area (TPSA) is 78.9 Å². The monoisotopic (exact) mass is 320 g/mol. The summed E-state index contributed by atoms with van der Waals surface area (Å²) in [6.45, 7) is 5.01. The Morgan fingerprint density at radius 2 is 2.13 bits per heavy atom. The molecule has 1 aromatic carbocycles. The third kappa shape index (κ3) is 4.15. The van der Waals surface area contributed by atoms with Gasteiger partial charge in [0.2, 0.25) is 0 Å². The van der Waals surface area contributed by atoms with Crippen molar-refractivity contribution in [3.63, 3.8) is 0 Å². The zero-order valence-corrected chi connectivity index (χ0v) is 13.7. The molecule has 0 radical (unpaired) electrons. The van der Waals surface area contributed by atoms with Gasteiger partial charge in [-0.1, -0.05) is 25.5 Å². The second-order valence-electron chi connectivity index (χ2n) is 6.17. The highest BCUT2D eigenvalue weighted by Gasteiger charge is 2.42. The number of aliphatic carboxylic acids is 1. The maximum absolute atomic E-state index is 12.4. The number of amides is 2. The van der Waals surface area contributed by atoms with Crippen LogP contribution in [-0.4, -0.2) is 41.7 Å². The number of nitrogens with one attached hydrogen (secondary N) is 1. The third-order valence-corrected chi connectivity index (χ3v) is 4.16. The van der Waals surface area contributed by atoms with E-state index in [9.17, 15) is 14.7 Å². The SMILES string of the molecule is CCCCOc1ccccc1NC(=O)N1CCC(C)(C(=O)O)C1. The Morgan fingerprint density at radius 3 is 2.78 bits per heavy atom. The number of rotatable bonds is 6. The maximum atomic E-state index is 12.4. The molecule has 2 rings (SSSR count). The van der Waals surface area contributed by atoms with E-state index in [0.717, 1.165) is 12.8 Å². The first-order valence-corrected chi connectivity index (χ1v) is 7.97. The maximum Gasteiger partial charge on any atom is 0.321 e.